The number of hydrogen-bond acceptors (Lipinski definition) is 9. The molecule has 0 fully saturated rings. The number of aryl methyl sites for hydroxylation is 1. The van der Waals surface area contributed by atoms with Gasteiger partial charge < -0.3 is 10.1 Å². The van der Waals surface area contributed by atoms with Crippen molar-refractivity contribution in [2.24, 2.45) is 5.84 Å². The van der Waals surface area contributed by atoms with E-state index in [9.17, 15) is 23.2 Å². The van der Waals surface area contributed by atoms with E-state index in [1.807, 2.05) is 19.1 Å². The van der Waals surface area contributed by atoms with Crippen molar-refractivity contribution in [1.82, 2.24) is 34.7 Å². The highest BCUT2D eigenvalue weighted by Gasteiger charge is 2.30. The first-order valence-corrected chi connectivity index (χ1v) is 12.5. The van der Waals surface area contributed by atoms with Gasteiger partial charge in [0.15, 0.2) is 5.65 Å². The number of hydrazine groups is 1. The number of amides is 3. The Bertz CT molecular complexity index is 1550. The average molecular weight is 561 g/mol. The maximum Gasteiger partial charge on any atom is 0.431 e. The van der Waals surface area contributed by atoms with Crippen molar-refractivity contribution < 1.29 is 27.9 Å². The summed E-state index contributed by atoms with van der Waals surface area (Å²) >= 11 is 1.49. The Morgan fingerprint density at radius 2 is 1.92 bits per heavy atom. The Kier molecular flexibility index (Phi) is 7.48. The van der Waals surface area contributed by atoms with E-state index in [1.54, 1.807) is 31.4 Å². The first-order chi connectivity index (χ1) is 18.3. The number of aromatic nitrogens is 5. The maximum atomic E-state index is 13.7. The number of imide groups is 1. The molecule has 3 N–H and O–H groups in total. The Labute approximate surface area is 225 Å². The number of nitrogens with zero attached hydrogens (tertiary/aromatic N) is 6. The number of hydrogen-bond donors (Lipinski definition) is 2. The van der Waals surface area contributed by atoms with E-state index in [2.05, 4.69) is 20.6 Å². The zero-order valence-corrected chi connectivity index (χ0v) is 22.5. The highest BCUT2D eigenvalue weighted by Crippen LogP contribution is 2.31. The summed E-state index contributed by atoms with van der Waals surface area (Å²) < 4.78 is 34.9. The van der Waals surface area contributed by atoms with Crippen LogP contribution in [0.4, 0.5) is 13.6 Å². The zero-order chi connectivity index (χ0) is 28.6. The molecule has 4 aromatic heterocycles. The van der Waals surface area contributed by atoms with Gasteiger partial charge in [-0.25, -0.2) is 29.1 Å². The number of nitrogens with one attached hydrogen (secondary N) is 1. The Balaban J connectivity index is 1.72. The fourth-order valence-electron chi connectivity index (χ4n) is 3.63. The van der Waals surface area contributed by atoms with Gasteiger partial charge in [-0.05, 0) is 52.8 Å². The summed E-state index contributed by atoms with van der Waals surface area (Å²) in [4.78, 5) is 44.4. The summed E-state index contributed by atoms with van der Waals surface area (Å²) in [6.07, 6.45) is -0.0294. The number of carbonyl (C=O) groups excluding carboxylic acids is 3. The van der Waals surface area contributed by atoms with Gasteiger partial charge in [0, 0.05) is 11.1 Å². The van der Waals surface area contributed by atoms with Crippen LogP contribution in [0.3, 0.4) is 0 Å². The molecule has 206 valence electrons. The minimum atomic E-state index is -2.90. The van der Waals surface area contributed by atoms with E-state index in [0.29, 0.717) is 5.69 Å². The summed E-state index contributed by atoms with van der Waals surface area (Å²) in [5, 5.41) is 10.1. The van der Waals surface area contributed by atoms with Crippen molar-refractivity contribution in [1.29, 1.82) is 0 Å². The predicted octanol–water partition coefficient (Wildman–Crippen LogP) is 3.65. The van der Waals surface area contributed by atoms with Crippen LogP contribution in [0, 0.1) is 6.92 Å². The molecule has 4 heterocycles. The van der Waals surface area contributed by atoms with E-state index in [1.165, 1.54) is 30.5 Å². The number of alkyl halides is 2. The lowest BCUT2D eigenvalue weighted by Crippen LogP contribution is -2.53. The minimum Gasteiger partial charge on any atom is -0.442 e. The molecule has 0 saturated heterocycles. The van der Waals surface area contributed by atoms with Crippen molar-refractivity contribution in [2.45, 2.75) is 52.7 Å². The summed E-state index contributed by atoms with van der Waals surface area (Å²) in [6.45, 7) is 8.10. The minimum absolute atomic E-state index is 0.00114. The molecular weight excluding hydrogens is 534 g/mol. The standard InChI is InChI=1S/C24H26F2N8O4S/c1-12-6-7-18(39-12)16-9-28-20-15(34-17(19(25)26)10-29-31-34)8-14(11-32(16)20)21(35)30-13(2)22(36)33(27)23(37)38-24(3,4)5/h6-11,13,19H,27H2,1-5H3,(H,30,35)/t13-/m0/s1. The van der Waals surface area contributed by atoms with Crippen LogP contribution in [0.2, 0.25) is 0 Å². The third-order valence-electron chi connectivity index (χ3n) is 5.41. The molecule has 0 unspecified atom stereocenters. The first-order valence-electron chi connectivity index (χ1n) is 11.7. The highest BCUT2D eigenvalue weighted by atomic mass is 32.1. The van der Waals surface area contributed by atoms with Crippen LogP contribution < -0.4 is 11.2 Å². The number of pyridine rings is 1. The average Bonchev–Trinajstić information content (AvgIpc) is 3.60. The van der Waals surface area contributed by atoms with Gasteiger partial charge in [0.2, 0.25) is 0 Å². The lowest BCUT2D eigenvalue weighted by molar-refractivity contribution is -0.132. The van der Waals surface area contributed by atoms with Crippen molar-refractivity contribution in [2.75, 3.05) is 0 Å². The summed E-state index contributed by atoms with van der Waals surface area (Å²) in [7, 11) is 0. The Morgan fingerprint density at radius 1 is 1.21 bits per heavy atom. The second-order valence-corrected chi connectivity index (χ2v) is 10.9. The second-order valence-electron chi connectivity index (χ2n) is 9.62. The molecule has 0 saturated carbocycles. The van der Waals surface area contributed by atoms with Crippen molar-refractivity contribution in [3.05, 3.63) is 52.9 Å². The molecule has 0 bridgehead atoms. The predicted molar refractivity (Wildman–Crippen MR) is 137 cm³/mol. The normalized spacial score (nSPS) is 12.5. The molecule has 0 aliphatic carbocycles. The third-order valence-corrected chi connectivity index (χ3v) is 6.44. The molecule has 4 aromatic rings. The van der Waals surface area contributed by atoms with Gasteiger partial charge in [0.1, 0.15) is 23.0 Å². The van der Waals surface area contributed by atoms with Crippen LogP contribution in [0.15, 0.2) is 36.8 Å². The lowest BCUT2D eigenvalue weighted by atomic mass is 10.2. The SMILES string of the molecule is Cc1ccc(-c2cnc3c(-n4nncc4C(F)F)cc(C(=O)N[C@@H](C)C(=O)N(N)C(=O)OC(C)(C)C)cn23)s1. The van der Waals surface area contributed by atoms with E-state index < -0.39 is 41.7 Å². The van der Waals surface area contributed by atoms with Crippen LogP contribution in [0.5, 0.6) is 0 Å². The van der Waals surface area contributed by atoms with Gasteiger partial charge in [-0.3, -0.25) is 14.0 Å². The molecule has 1 atom stereocenters. The number of imidazole rings is 1. The van der Waals surface area contributed by atoms with Crippen molar-refractivity contribution in [3.8, 4) is 16.3 Å². The maximum absolute atomic E-state index is 13.7. The van der Waals surface area contributed by atoms with Gasteiger partial charge in [-0.15, -0.1) is 16.4 Å². The van der Waals surface area contributed by atoms with Crippen LogP contribution in [-0.4, -0.2) is 58.9 Å². The van der Waals surface area contributed by atoms with Gasteiger partial charge in [-0.2, -0.15) is 5.01 Å². The smallest absolute Gasteiger partial charge is 0.431 e. The molecule has 3 amide bonds. The summed E-state index contributed by atoms with van der Waals surface area (Å²) in [5.74, 6) is 3.96. The fourth-order valence-corrected chi connectivity index (χ4v) is 4.51. The lowest BCUT2D eigenvalue weighted by Gasteiger charge is -2.25. The first kappa shape index (κ1) is 27.8. The zero-order valence-electron chi connectivity index (χ0n) is 21.7. The van der Waals surface area contributed by atoms with Crippen molar-refractivity contribution in [3.63, 3.8) is 0 Å². The second kappa shape index (κ2) is 10.5. The molecule has 12 nitrogen and oxygen atoms in total. The van der Waals surface area contributed by atoms with E-state index in [-0.39, 0.29) is 21.9 Å². The number of rotatable bonds is 6. The van der Waals surface area contributed by atoms with Crippen LogP contribution in [0.25, 0.3) is 21.9 Å². The van der Waals surface area contributed by atoms with Crippen molar-refractivity contribution >= 4 is 34.9 Å². The number of halogens is 2. The molecule has 0 radical (unpaired) electrons. The van der Waals surface area contributed by atoms with E-state index >= 15 is 0 Å². The number of carbonyl (C=O) groups is 3. The van der Waals surface area contributed by atoms with Gasteiger partial charge in [0.05, 0.1) is 28.5 Å². The van der Waals surface area contributed by atoms with E-state index in [4.69, 9.17) is 10.6 Å². The molecule has 0 aliphatic heterocycles. The Morgan fingerprint density at radius 3 is 2.54 bits per heavy atom. The molecule has 15 heteroatoms. The summed E-state index contributed by atoms with van der Waals surface area (Å²) in [6, 6.07) is 3.87. The van der Waals surface area contributed by atoms with Crippen LogP contribution >= 0.6 is 11.3 Å². The quantitative estimate of drug-likeness (QED) is 0.206. The number of nitrogens with two attached hydrogens (primary N) is 1. The molecular formula is C24H26F2N8O4S. The molecule has 0 aromatic carbocycles. The number of fused-ring (bicyclic) bond motifs is 1. The van der Waals surface area contributed by atoms with E-state index in [0.717, 1.165) is 20.6 Å². The monoisotopic (exact) mass is 560 g/mol. The fraction of sp³-hybridized carbons (Fsp3) is 0.333. The van der Waals surface area contributed by atoms with Crippen LogP contribution in [0.1, 0.15) is 55.0 Å². The molecule has 0 spiro atoms. The third kappa shape index (κ3) is 5.78. The highest BCUT2D eigenvalue weighted by molar-refractivity contribution is 7.15. The topological polar surface area (TPSA) is 150 Å². The molecule has 39 heavy (non-hydrogen) atoms. The van der Waals surface area contributed by atoms with Crippen LogP contribution in [-0.2, 0) is 9.53 Å². The number of thiophene rings is 1. The molecule has 0 aliphatic rings. The summed E-state index contributed by atoms with van der Waals surface area (Å²) in [5.41, 5.74) is -0.452. The largest absolute Gasteiger partial charge is 0.442 e. The number of ether oxygens (including phenoxy) is 1. The van der Waals surface area contributed by atoms with Gasteiger partial charge >= 0.3 is 6.09 Å². The van der Waals surface area contributed by atoms with Gasteiger partial charge in [0.25, 0.3) is 18.2 Å². The Hall–Kier alpha value is -4.24. The van der Waals surface area contributed by atoms with Gasteiger partial charge in [-0.1, -0.05) is 5.21 Å². The molecule has 4 rings (SSSR count).